The van der Waals surface area contributed by atoms with Gasteiger partial charge in [-0.15, -0.1) is 0 Å². The van der Waals surface area contributed by atoms with Crippen LogP contribution in [0.4, 0.5) is 0 Å². The van der Waals surface area contributed by atoms with E-state index in [2.05, 4.69) is 17.6 Å². The lowest BCUT2D eigenvalue weighted by Crippen LogP contribution is -2.56. The van der Waals surface area contributed by atoms with E-state index in [0.717, 1.165) is 17.8 Å². The third-order valence-electron chi connectivity index (χ3n) is 7.11. The number of ether oxygens (including phenoxy) is 1. The van der Waals surface area contributed by atoms with Gasteiger partial charge < -0.3 is 19.8 Å². The monoisotopic (exact) mass is 402 g/mol. The van der Waals surface area contributed by atoms with Gasteiger partial charge in [-0.25, -0.2) is 0 Å². The first kappa shape index (κ1) is 20.0. The first-order valence-electron chi connectivity index (χ1n) is 10.7. The van der Waals surface area contributed by atoms with Crippen LogP contribution in [0, 0.1) is 23.2 Å². The highest BCUT2D eigenvalue weighted by Gasteiger charge is 2.53. The van der Waals surface area contributed by atoms with Crippen molar-refractivity contribution < 1.29 is 23.5 Å². The first-order chi connectivity index (χ1) is 13.9. The Morgan fingerprint density at radius 3 is 2.41 bits per heavy atom. The Hall–Kier alpha value is -2.31. The Labute approximate surface area is 170 Å². The summed E-state index contributed by atoms with van der Waals surface area (Å²) in [7, 11) is 0. The standard InChI is InChI=1S/C22H30N2O5/c1-14(22-10-15-7-16(11-22)9-17(8-15)12-22)24-19(25)13-29-20(26)4-5-23-21(27)18-3-2-6-28-18/h2-3,6,14-17H,4-5,7-13H2,1H3,(H,23,27)(H,24,25)/t14-,15?,16?,17?,22?/m0/s1. The van der Waals surface area contributed by atoms with Crippen molar-refractivity contribution in [3.8, 4) is 0 Å². The smallest absolute Gasteiger partial charge is 0.308 e. The van der Waals surface area contributed by atoms with Crippen LogP contribution in [0.2, 0.25) is 0 Å². The van der Waals surface area contributed by atoms with Gasteiger partial charge in [-0.3, -0.25) is 14.4 Å². The number of carbonyl (C=O) groups is 3. The average Bonchev–Trinajstić information content (AvgIpc) is 3.20. The second-order valence-corrected chi connectivity index (χ2v) is 9.21. The molecule has 4 saturated carbocycles. The molecule has 0 radical (unpaired) electrons. The quantitative estimate of drug-likeness (QED) is 0.652. The largest absolute Gasteiger partial charge is 0.459 e. The van der Waals surface area contributed by atoms with Crippen molar-refractivity contribution in [1.82, 2.24) is 10.6 Å². The molecular weight excluding hydrogens is 372 g/mol. The van der Waals surface area contributed by atoms with Gasteiger partial charge in [0.2, 0.25) is 0 Å². The van der Waals surface area contributed by atoms with Crippen LogP contribution in [0.25, 0.3) is 0 Å². The van der Waals surface area contributed by atoms with Crippen LogP contribution in [0.5, 0.6) is 0 Å². The molecule has 1 aromatic rings. The van der Waals surface area contributed by atoms with Gasteiger partial charge in [0.1, 0.15) is 0 Å². The molecule has 0 spiro atoms. The molecule has 29 heavy (non-hydrogen) atoms. The van der Waals surface area contributed by atoms with Crippen LogP contribution in [-0.2, 0) is 14.3 Å². The molecule has 0 saturated heterocycles. The summed E-state index contributed by atoms with van der Waals surface area (Å²) in [5.74, 6) is 1.53. The lowest BCUT2D eigenvalue weighted by molar-refractivity contribution is -0.149. The fourth-order valence-corrected chi connectivity index (χ4v) is 6.14. The lowest BCUT2D eigenvalue weighted by atomic mass is 9.48. The molecule has 0 unspecified atom stereocenters. The van der Waals surface area contributed by atoms with Crippen molar-refractivity contribution in [1.29, 1.82) is 0 Å². The van der Waals surface area contributed by atoms with E-state index in [1.54, 1.807) is 12.1 Å². The summed E-state index contributed by atoms with van der Waals surface area (Å²) in [6.07, 6.45) is 9.17. The van der Waals surface area contributed by atoms with Gasteiger partial charge in [-0.2, -0.15) is 0 Å². The van der Waals surface area contributed by atoms with E-state index in [-0.39, 0.29) is 48.6 Å². The van der Waals surface area contributed by atoms with E-state index in [4.69, 9.17) is 9.15 Å². The molecule has 1 heterocycles. The molecule has 2 amide bonds. The third kappa shape index (κ3) is 4.49. The number of carbonyl (C=O) groups excluding carboxylic acids is 3. The van der Waals surface area contributed by atoms with E-state index in [1.165, 1.54) is 44.8 Å². The van der Waals surface area contributed by atoms with Gasteiger partial charge in [0, 0.05) is 12.6 Å². The second kappa shape index (κ2) is 8.20. The fourth-order valence-electron chi connectivity index (χ4n) is 6.14. The lowest BCUT2D eigenvalue weighted by Gasteiger charge is -2.59. The molecule has 158 valence electrons. The fraction of sp³-hybridized carbons (Fsp3) is 0.682. The molecule has 1 aromatic heterocycles. The van der Waals surface area contributed by atoms with E-state index in [0.29, 0.717) is 0 Å². The highest BCUT2D eigenvalue weighted by molar-refractivity contribution is 5.91. The van der Waals surface area contributed by atoms with Gasteiger partial charge in [0.15, 0.2) is 12.4 Å². The Kier molecular flexibility index (Phi) is 5.65. The van der Waals surface area contributed by atoms with Crippen LogP contribution in [0.15, 0.2) is 22.8 Å². The molecule has 0 aromatic carbocycles. The maximum absolute atomic E-state index is 12.3. The zero-order chi connectivity index (χ0) is 20.4. The summed E-state index contributed by atoms with van der Waals surface area (Å²) in [5.41, 5.74) is 0.227. The normalized spacial score (nSPS) is 30.6. The molecule has 2 N–H and O–H groups in total. The van der Waals surface area contributed by atoms with Gasteiger partial charge in [0.05, 0.1) is 12.7 Å². The topological polar surface area (TPSA) is 97.6 Å². The molecule has 7 nitrogen and oxygen atoms in total. The Balaban J connectivity index is 1.16. The van der Waals surface area contributed by atoms with Crippen LogP contribution in [0.1, 0.15) is 62.4 Å². The van der Waals surface area contributed by atoms with Crippen molar-refractivity contribution in [3.63, 3.8) is 0 Å². The van der Waals surface area contributed by atoms with Crippen molar-refractivity contribution in [2.45, 2.75) is 57.9 Å². The van der Waals surface area contributed by atoms with Crippen LogP contribution >= 0.6 is 0 Å². The van der Waals surface area contributed by atoms with Gasteiger partial charge in [-0.1, -0.05) is 0 Å². The number of amides is 2. The first-order valence-corrected chi connectivity index (χ1v) is 10.7. The maximum atomic E-state index is 12.3. The van der Waals surface area contributed by atoms with Gasteiger partial charge >= 0.3 is 5.97 Å². The SMILES string of the molecule is C[C@H](NC(=O)COC(=O)CCNC(=O)c1ccco1)C12CC3CC(CC(C3)C1)C2. The number of hydrogen-bond acceptors (Lipinski definition) is 5. The average molecular weight is 402 g/mol. The summed E-state index contributed by atoms with van der Waals surface area (Å²) in [6, 6.07) is 3.27. The summed E-state index contributed by atoms with van der Waals surface area (Å²) in [6.45, 7) is 1.96. The highest BCUT2D eigenvalue weighted by Crippen LogP contribution is 2.61. The summed E-state index contributed by atoms with van der Waals surface area (Å²) in [4.78, 5) is 35.9. The Bertz CT molecular complexity index is 722. The second-order valence-electron chi connectivity index (χ2n) is 9.21. The molecule has 5 rings (SSSR count). The molecule has 1 atom stereocenters. The van der Waals surface area contributed by atoms with E-state index in [9.17, 15) is 14.4 Å². The molecule has 4 bridgehead atoms. The minimum absolute atomic E-state index is 0.00423. The molecule has 4 fully saturated rings. The van der Waals surface area contributed by atoms with Crippen molar-refractivity contribution in [2.24, 2.45) is 23.2 Å². The third-order valence-corrected chi connectivity index (χ3v) is 7.11. The molecule has 7 heteroatoms. The minimum Gasteiger partial charge on any atom is -0.459 e. The Morgan fingerprint density at radius 1 is 1.17 bits per heavy atom. The summed E-state index contributed by atoms with van der Waals surface area (Å²) in [5, 5.41) is 5.66. The Morgan fingerprint density at radius 2 is 1.83 bits per heavy atom. The van der Waals surface area contributed by atoms with Crippen LogP contribution < -0.4 is 10.6 Å². The highest BCUT2D eigenvalue weighted by atomic mass is 16.5. The van der Waals surface area contributed by atoms with E-state index < -0.39 is 5.97 Å². The predicted molar refractivity (Wildman–Crippen MR) is 105 cm³/mol. The van der Waals surface area contributed by atoms with Crippen LogP contribution in [0.3, 0.4) is 0 Å². The number of nitrogens with one attached hydrogen (secondary N) is 2. The maximum Gasteiger partial charge on any atom is 0.308 e. The van der Waals surface area contributed by atoms with Crippen LogP contribution in [-0.4, -0.2) is 37.0 Å². The van der Waals surface area contributed by atoms with E-state index in [1.807, 2.05) is 0 Å². The molecule has 0 aliphatic heterocycles. The summed E-state index contributed by atoms with van der Waals surface area (Å²) >= 11 is 0. The number of hydrogen-bond donors (Lipinski definition) is 2. The minimum atomic E-state index is -0.512. The van der Waals surface area contributed by atoms with Crippen molar-refractivity contribution >= 4 is 17.8 Å². The zero-order valence-corrected chi connectivity index (χ0v) is 16.9. The van der Waals surface area contributed by atoms with Crippen molar-refractivity contribution in [3.05, 3.63) is 24.2 Å². The molecule has 4 aliphatic carbocycles. The summed E-state index contributed by atoms with van der Waals surface area (Å²) < 4.78 is 10.0. The van der Waals surface area contributed by atoms with Gasteiger partial charge in [-0.05, 0) is 80.8 Å². The molecular formula is C22H30N2O5. The number of rotatable bonds is 8. The van der Waals surface area contributed by atoms with Gasteiger partial charge in [0.25, 0.3) is 11.8 Å². The molecule has 4 aliphatic rings. The number of esters is 1. The predicted octanol–water partition coefficient (Wildman–Crippen LogP) is 2.66. The zero-order valence-electron chi connectivity index (χ0n) is 16.9. The van der Waals surface area contributed by atoms with Crippen molar-refractivity contribution in [2.75, 3.05) is 13.2 Å². The van der Waals surface area contributed by atoms with E-state index >= 15 is 0 Å². The number of furan rings is 1.